The van der Waals surface area contributed by atoms with E-state index in [9.17, 15) is 13.2 Å². The Morgan fingerprint density at radius 1 is 1.53 bits per heavy atom. The van der Waals surface area contributed by atoms with Crippen molar-refractivity contribution in [2.24, 2.45) is 0 Å². The van der Waals surface area contributed by atoms with E-state index in [0.717, 1.165) is 12.1 Å². The van der Waals surface area contributed by atoms with Crippen molar-refractivity contribution < 1.29 is 22.7 Å². The second kappa shape index (κ2) is 4.86. The molecule has 8 nitrogen and oxygen atoms in total. The predicted octanol–water partition coefficient (Wildman–Crippen LogP) is 0.740. The van der Waals surface area contributed by atoms with Gasteiger partial charge < -0.3 is 14.5 Å². The topological polar surface area (TPSA) is 125 Å². The highest BCUT2D eigenvalue weighted by molar-refractivity contribution is 7.89. The molecule has 3 N–H and O–H groups in total. The molecule has 9 heteroatoms. The molecule has 0 aliphatic rings. The third-order valence-electron chi connectivity index (χ3n) is 2.32. The van der Waals surface area contributed by atoms with Crippen molar-refractivity contribution in [3.63, 3.8) is 0 Å². The van der Waals surface area contributed by atoms with Crippen molar-refractivity contribution in [1.82, 2.24) is 14.7 Å². The fraction of sp³-hybridized carbons (Fsp3) is 0.200. The number of hydrogen-bond acceptors (Lipinski definition) is 5. The summed E-state index contributed by atoms with van der Waals surface area (Å²) in [4.78, 5) is 17.3. The van der Waals surface area contributed by atoms with E-state index in [2.05, 4.69) is 14.7 Å². The molecule has 0 fully saturated rings. The summed E-state index contributed by atoms with van der Waals surface area (Å²) in [5.41, 5.74) is 0. The molecule has 1 atom stereocenters. The monoisotopic (exact) mass is 285 g/mol. The number of rotatable bonds is 5. The molecule has 0 saturated heterocycles. The second-order valence-electron chi connectivity index (χ2n) is 3.74. The first kappa shape index (κ1) is 13.3. The summed E-state index contributed by atoms with van der Waals surface area (Å²) in [5, 5.41) is 8.22. The van der Waals surface area contributed by atoms with E-state index in [4.69, 9.17) is 9.52 Å². The van der Waals surface area contributed by atoms with Crippen LogP contribution in [0.2, 0.25) is 0 Å². The minimum atomic E-state index is -3.94. The van der Waals surface area contributed by atoms with Crippen LogP contribution in [0.3, 0.4) is 0 Å². The lowest BCUT2D eigenvalue weighted by Gasteiger charge is -2.10. The average molecular weight is 285 g/mol. The summed E-state index contributed by atoms with van der Waals surface area (Å²) >= 11 is 0. The number of H-pyrrole nitrogens is 1. The number of nitrogens with one attached hydrogen (secondary N) is 2. The minimum Gasteiger partial charge on any atom is -0.475 e. The first-order chi connectivity index (χ1) is 8.90. The molecular weight excluding hydrogens is 274 g/mol. The van der Waals surface area contributed by atoms with E-state index in [1.807, 2.05) is 0 Å². The standard InChI is InChI=1S/C10H11N3O5S/c1-6(9-11-4-5-12-9)13-19(16,17)8-3-2-7(18-8)10(14)15/h2-6,13H,1H3,(H,11,12)(H,14,15). The van der Waals surface area contributed by atoms with Gasteiger partial charge in [-0.1, -0.05) is 0 Å². The van der Waals surface area contributed by atoms with Gasteiger partial charge in [0.15, 0.2) is 0 Å². The number of aromatic amines is 1. The molecule has 2 aromatic heterocycles. The maximum Gasteiger partial charge on any atom is 0.371 e. The maximum absolute atomic E-state index is 11.9. The zero-order valence-corrected chi connectivity index (χ0v) is 10.6. The Morgan fingerprint density at radius 3 is 2.79 bits per heavy atom. The fourth-order valence-electron chi connectivity index (χ4n) is 1.44. The van der Waals surface area contributed by atoms with Crippen molar-refractivity contribution in [2.45, 2.75) is 18.1 Å². The Bertz CT molecular complexity index is 674. The zero-order chi connectivity index (χ0) is 14.0. The van der Waals surface area contributed by atoms with Crippen molar-refractivity contribution in [2.75, 3.05) is 0 Å². The Morgan fingerprint density at radius 2 is 2.26 bits per heavy atom. The van der Waals surface area contributed by atoms with Crippen LogP contribution in [0.4, 0.5) is 0 Å². The summed E-state index contributed by atoms with van der Waals surface area (Å²) < 4.78 is 30.9. The maximum atomic E-state index is 11.9. The molecule has 0 aliphatic carbocycles. The molecule has 0 bridgehead atoms. The highest BCUT2D eigenvalue weighted by atomic mass is 32.2. The van der Waals surface area contributed by atoms with Crippen LogP contribution in [0.1, 0.15) is 29.3 Å². The van der Waals surface area contributed by atoms with Gasteiger partial charge in [-0.2, -0.15) is 4.72 Å². The first-order valence-corrected chi connectivity index (χ1v) is 6.73. The van der Waals surface area contributed by atoms with Gasteiger partial charge in [-0.25, -0.2) is 18.2 Å². The van der Waals surface area contributed by atoms with Gasteiger partial charge in [-0.05, 0) is 19.1 Å². The van der Waals surface area contributed by atoms with Crippen LogP contribution < -0.4 is 4.72 Å². The Balaban J connectivity index is 2.20. The fourth-order valence-corrected chi connectivity index (χ4v) is 2.58. The van der Waals surface area contributed by atoms with Gasteiger partial charge in [0, 0.05) is 12.4 Å². The lowest BCUT2D eigenvalue weighted by atomic mass is 10.3. The van der Waals surface area contributed by atoms with Crippen molar-refractivity contribution in [1.29, 1.82) is 0 Å². The summed E-state index contributed by atoms with van der Waals surface area (Å²) in [6, 6.07) is 1.56. The molecule has 0 aromatic carbocycles. The van der Waals surface area contributed by atoms with E-state index >= 15 is 0 Å². The molecule has 0 saturated carbocycles. The molecule has 1 unspecified atom stereocenters. The quantitative estimate of drug-likeness (QED) is 0.744. The summed E-state index contributed by atoms with van der Waals surface area (Å²) in [5.74, 6) is -1.33. The number of carbonyl (C=O) groups is 1. The van der Waals surface area contributed by atoms with Crippen LogP contribution in [-0.2, 0) is 10.0 Å². The van der Waals surface area contributed by atoms with Gasteiger partial charge in [0.1, 0.15) is 5.82 Å². The highest BCUT2D eigenvalue weighted by Gasteiger charge is 2.24. The third-order valence-corrected chi connectivity index (χ3v) is 3.73. The molecule has 2 rings (SSSR count). The number of nitrogens with zero attached hydrogens (tertiary/aromatic N) is 1. The van der Waals surface area contributed by atoms with Gasteiger partial charge in [0.2, 0.25) is 10.9 Å². The molecule has 102 valence electrons. The van der Waals surface area contributed by atoms with Crippen molar-refractivity contribution in [3.05, 3.63) is 36.1 Å². The number of sulfonamides is 1. The van der Waals surface area contributed by atoms with E-state index in [-0.39, 0.29) is 0 Å². The summed E-state index contributed by atoms with van der Waals surface area (Å²) in [7, 11) is -3.94. The van der Waals surface area contributed by atoms with Gasteiger partial charge in [0.25, 0.3) is 10.0 Å². The molecule has 19 heavy (non-hydrogen) atoms. The number of carboxylic acids is 1. The lowest BCUT2D eigenvalue weighted by molar-refractivity contribution is 0.0656. The number of imidazole rings is 1. The van der Waals surface area contributed by atoms with Crippen LogP contribution in [-0.4, -0.2) is 29.5 Å². The van der Waals surface area contributed by atoms with Crippen LogP contribution in [0, 0.1) is 0 Å². The molecular formula is C10H11N3O5S. The highest BCUT2D eigenvalue weighted by Crippen LogP contribution is 2.17. The normalized spacial score (nSPS) is 13.3. The zero-order valence-electron chi connectivity index (χ0n) is 9.82. The molecule has 0 spiro atoms. The Hall–Kier alpha value is -2.13. The second-order valence-corrected chi connectivity index (χ2v) is 5.39. The van der Waals surface area contributed by atoms with Crippen LogP contribution in [0.5, 0.6) is 0 Å². The SMILES string of the molecule is CC(NS(=O)(=O)c1ccc(C(=O)O)o1)c1ncc[nH]1. The Kier molecular flexibility index (Phi) is 3.40. The predicted molar refractivity (Wildman–Crippen MR) is 63.0 cm³/mol. The van der Waals surface area contributed by atoms with Gasteiger partial charge in [-0.15, -0.1) is 0 Å². The van der Waals surface area contributed by atoms with E-state index in [1.165, 1.54) is 6.20 Å². The molecule has 2 heterocycles. The van der Waals surface area contributed by atoms with E-state index in [1.54, 1.807) is 13.1 Å². The first-order valence-electron chi connectivity index (χ1n) is 5.25. The van der Waals surface area contributed by atoms with E-state index < -0.39 is 32.9 Å². The van der Waals surface area contributed by atoms with Crippen LogP contribution in [0.15, 0.2) is 34.0 Å². The number of aromatic carboxylic acids is 1. The largest absolute Gasteiger partial charge is 0.475 e. The summed E-state index contributed by atoms with van der Waals surface area (Å²) in [6.07, 6.45) is 3.06. The van der Waals surface area contributed by atoms with Crippen molar-refractivity contribution in [3.8, 4) is 0 Å². The Labute approximate surface area is 108 Å². The number of furan rings is 1. The smallest absolute Gasteiger partial charge is 0.371 e. The lowest BCUT2D eigenvalue weighted by Crippen LogP contribution is -2.27. The van der Waals surface area contributed by atoms with Gasteiger partial charge >= 0.3 is 5.97 Å². The van der Waals surface area contributed by atoms with Crippen molar-refractivity contribution >= 4 is 16.0 Å². The van der Waals surface area contributed by atoms with Crippen LogP contribution in [0.25, 0.3) is 0 Å². The molecule has 0 amide bonds. The molecule has 2 aromatic rings. The van der Waals surface area contributed by atoms with Gasteiger partial charge in [-0.3, -0.25) is 0 Å². The van der Waals surface area contributed by atoms with E-state index in [0.29, 0.717) is 5.82 Å². The molecule has 0 aliphatic heterocycles. The average Bonchev–Trinajstić information content (AvgIpc) is 3.00. The third kappa shape index (κ3) is 2.83. The minimum absolute atomic E-state index is 0.439. The van der Waals surface area contributed by atoms with Gasteiger partial charge in [0.05, 0.1) is 6.04 Å². The molecule has 0 radical (unpaired) electrons. The number of hydrogen-bond donors (Lipinski definition) is 3. The number of aromatic nitrogens is 2. The van der Waals surface area contributed by atoms with Crippen LogP contribution >= 0.6 is 0 Å². The summed E-state index contributed by atoms with van der Waals surface area (Å²) in [6.45, 7) is 1.59. The number of carboxylic acid groups (broad SMARTS) is 1.